The third-order valence-electron chi connectivity index (χ3n) is 2.42. The molecule has 13 heavy (non-hydrogen) atoms. The van der Waals surface area contributed by atoms with Crippen molar-refractivity contribution in [3.63, 3.8) is 0 Å². The van der Waals surface area contributed by atoms with E-state index in [1.165, 1.54) is 0 Å². The zero-order chi connectivity index (χ0) is 9.59. The number of fused-ring (bicyclic) bond motifs is 2. The Morgan fingerprint density at radius 3 is 2.31 bits per heavy atom. The predicted octanol–water partition coefficient (Wildman–Crippen LogP) is -2.81. The molecule has 4 N–H and O–H groups in total. The van der Waals surface area contributed by atoms with E-state index in [4.69, 9.17) is 9.47 Å². The summed E-state index contributed by atoms with van der Waals surface area (Å²) in [4.78, 5) is 0. The molecule has 0 spiro atoms. The molecule has 2 rings (SSSR count). The second kappa shape index (κ2) is 3.16. The van der Waals surface area contributed by atoms with Crippen molar-refractivity contribution in [3.05, 3.63) is 0 Å². The Labute approximate surface area is 74.3 Å². The van der Waals surface area contributed by atoms with Crippen molar-refractivity contribution in [3.8, 4) is 0 Å². The van der Waals surface area contributed by atoms with Gasteiger partial charge in [0.05, 0.1) is 6.61 Å². The van der Waals surface area contributed by atoms with Gasteiger partial charge in [0.25, 0.3) is 0 Å². The second-order valence-corrected chi connectivity index (χ2v) is 3.34. The molecular weight excluding hydrogens is 180 g/mol. The summed E-state index contributed by atoms with van der Waals surface area (Å²) in [7, 11) is 0. The summed E-state index contributed by atoms with van der Waals surface area (Å²) in [6.07, 6.45) is -6.67. The molecular formula is C7H12O6. The van der Waals surface area contributed by atoms with Crippen LogP contribution in [0.4, 0.5) is 0 Å². The molecule has 2 saturated heterocycles. The van der Waals surface area contributed by atoms with E-state index in [9.17, 15) is 20.4 Å². The van der Waals surface area contributed by atoms with Crippen LogP contribution in [-0.4, -0.2) is 63.8 Å². The quantitative estimate of drug-likeness (QED) is 0.330. The number of hydrogen-bond acceptors (Lipinski definition) is 6. The van der Waals surface area contributed by atoms with Crippen LogP contribution in [0, 0.1) is 0 Å². The summed E-state index contributed by atoms with van der Waals surface area (Å²) in [6, 6.07) is 0. The van der Waals surface area contributed by atoms with Crippen LogP contribution in [0.1, 0.15) is 0 Å². The molecule has 6 heteroatoms. The van der Waals surface area contributed by atoms with Gasteiger partial charge in [0, 0.05) is 0 Å². The maximum absolute atomic E-state index is 9.38. The molecule has 0 saturated carbocycles. The van der Waals surface area contributed by atoms with Crippen LogP contribution in [0.15, 0.2) is 0 Å². The van der Waals surface area contributed by atoms with Gasteiger partial charge in [-0.3, -0.25) is 0 Å². The zero-order valence-corrected chi connectivity index (χ0v) is 6.78. The number of aliphatic hydroxyl groups is 4. The van der Waals surface area contributed by atoms with E-state index in [0.717, 1.165) is 0 Å². The van der Waals surface area contributed by atoms with E-state index in [-0.39, 0.29) is 6.61 Å². The molecule has 0 aliphatic carbocycles. The van der Waals surface area contributed by atoms with Gasteiger partial charge in [0.15, 0.2) is 6.29 Å². The normalized spacial score (nSPS) is 56.3. The van der Waals surface area contributed by atoms with Crippen LogP contribution in [-0.2, 0) is 9.47 Å². The van der Waals surface area contributed by atoms with E-state index < -0.39 is 36.8 Å². The van der Waals surface area contributed by atoms with E-state index >= 15 is 0 Å². The van der Waals surface area contributed by atoms with Crippen LogP contribution in [0.5, 0.6) is 0 Å². The molecule has 6 atom stereocenters. The van der Waals surface area contributed by atoms with Gasteiger partial charge >= 0.3 is 0 Å². The number of rotatable bonds is 0. The molecule has 6 nitrogen and oxygen atoms in total. The summed E-state index contributed by atoms with van der Waals surface area (Å²) in [6.45, 7) is -0.00380. The lowest BCUT2D eigenvalue weighted by atomic mass is 9.94. The van der Waals surface area contributed by atoms with Crippen LogP contribution >= 0.6 is 0 Å². The lowest BCUT2D eigenvalue weighted by molar-refractivity contribution is -0.347. The van der Waals surface area contributed by atoms with Gasteiger partial charge < -0.3 is 29.9 Å². The first-order chi connectivity index (χ1) is 6.11. The van der Waals surface area contributed by atoms with Gasteiger partial charge in [-0.1, -0.05) is 0 Å². The molecule has 2 aliphatic rings. The van der Waals surface area contributed by atoms with Crippen molar-refractivity contribution < 1.29 is 29.9 Å². The first-order valence-electron chi connectivity index (χ1n) is 4.10. The van der Waals surface area contributed by atoms with Crippen molar-refractivity contribution in [2.24, 2.45) is 0 Å². The summed E-state index contributed by atoms with van der Waals surface area (Å²) in [5.41, 5.74) is 0. The maximum atomic E-state index is 9.38. The molecule has 2 bridgehead atoms. The fraction of sp³-hybridized carbons (Fsp3) is 1.00. The summed E-state index contributed by atoms with van der Waals surface area (Å²) in [5, 5.41) is 37.3. The van der Waals surface area contributed by atoms with Gasteiger partial charge in [-0.15, -0.1) is 0 Å². The average molecular weight is 192 g/mol. The first-order valence-corrected chi connectivity index (χ1v) is 4.10. The van der Waals surface area contributed by atoms with Gasteiger partial charge in [-0.25, -0.2) is 0 Å². The zero-order valence-electron chi connectivity index (χ0n) is 6.78. The third-order valence-corrected chi connectivity index (χ3v) is 2.42. The second-order valence-electron chi connectivity index (χ2n) is 3.34. The minimum absolute atomic E-state index is 0.00380. The monoisotopic (exact) mass is 192 g/mol. The van der Waals surface area contributed by atoms with E-state index in [2.05, 4.69) is 0 Å². The predicted molar refractivity (Wildman–Crippen MR) is 38.6 cm³/mol. The highest BCUT2D eigenvalue weighted by molar-refractivity contribution is 4.94. The van der Waals surface area contributed by atoms with Gasteiger partial charge in [0.2, 0.25) is 0 Å². The summed E-state index contributed by atoms with van der Waals surface area (Å²) >= 11 is 0. The SMILES string of the molecule is O[C@@H]1[C@@H](O)[C@@H]2O[C@@H](OC[C@H]2O)[C@@H]1O. The van der Waals surface area contributed by atoms with Crippen molar-refractivity contribution in [2.45, 2.75) is 36.8 Å². The largest absolute Gasteiger partial charge is 0.388 e. The number of aliphatic hydroxyl groups excluding tert-OH is 4. The smallest absolute Gasteiger partial charge is 0.186 e. The highest BCUT2D eigenvalue weighted by Gasteiger charge is 2.49. The van der Waals surface area contributed by atoms with Gasteiger partial charge in [-0.2, -0.15) is 0 Å². The molecule has 0 unspecified atom stereocenters. The molecule has 2 aliphatic heterocycles. The van der Waals surface area contributed by atoms with Gasteiger partial charge in [0.1, 0.15) is 30.5 Å². The third kappa shape index (κ3) is 1.35. The Kier molecular flexibility index (Phi) is 2.26. The minimum Gasteiger partial charge on any atom is -0.388 e. The fourth-order valence-corrected chi connectivity index (χ4v) is 1.62. The highest BCUT2D eigenvalue weighted by Crippen LogP contribution is 2.27. The fourth-order valence-electron chi connectivity index (χ4n) is 1.62. The Morgan fingerprint density at radius 2 is 1.62 bits per heavy atom. The molecule has 0 amide bonds. The van der Waals surface area contributed by atoms with E-state index in [1.807, 2.05) is 0 Å². The Hall–Kier alpha value is -0.240. The molecule has 2 heterocycles. The molecule has 0 aromatic heterocycles. The molecule has 2 fully saturated rings. The molecule has 0 aromatic carbocycles. The number of ether oxygens (including phenoxy) is 2. The standard InChI is InChI=1S/C7H12O6/c8-2-1-12-7-5(11)3(9)4(10)6(2)13-7/h2-11H,1H2/t2-,3-,4-,5-,6-,7-/m1/s1. The van der Waals surface area contributed by atoms with Crippen LogP contribution in [0.3, 0.4) is 0 Å². The lowest BCUT2D eigenvalue weighted by Gasteiger charge is -2.45. The average Bonchev–Trinajstić information content (AvgIpc) is 2.14. The first kappa shape index (κ1) is 9.32. The van der Waals surface area contributed by atoms with Crippen molar-refractivity contribution in [1.29, 1.82) is 0 Å². The van der Waals surface area contributed by atoms with Crippen molar-refractivity contribution in [1.82, 2.24) is 0 Å². The van der Waals surface area contributed by atoms with Crippen molar-refractivity contribution in [2.75, 3.05) is 6.61 Å². The molecule has 0 radical (unpaired) electrons. The minimum atomic E-state index is -1.33. The lowest BCUT2D eigenvalue weighted by Crippen LogP contribution is -2.65. The number of hydrogen-bond donors (Lipinski definition) is 4. The molecule has 0 aromatic rings. The van der Waals surface area contributed by atoms with Crippen LogP contribution in [0.2, 0.25) is 0 Å². The molecule has 76 valence electrons. The summed E-state index contributed by atoms with van der Waals surface area (Å²) < 4.78 is 9.90. The van der Waals surface area contributed by atoms with Crippen LogP contribution in [0.25, 0.3) is 0 Å². The van der Waals surface area contributed by atoms with E-state index in [0.29, 0.717) is 0 Å². The summed E-state index contributed by atoms with van der Waals surface area (Å²) in [5.74, 6) is 0. The van der Waals surface area contributed by atoms with E-state index in [1.54, 1.807) is 0 Å². The van der Waals surface area contributed by atoms with Crippen LogP contribution < -0.4 is 0 Å². The Bertz CT molecular complexity index is 195. The van der Waals surface area contributed by atoms with Gasteiger partial charge in [-0.05, 0) is 0 Å². The topological polar surface area (TPSA) is 99.4 Å². The Morgan fingerprint density at radius 1 is 0.923 bits per heavy atom. The maximum Gasteiger partial charge on any atom is 0.186 e. The Balaban J connectivity index is 2.16. The van der Waals surface area contributed by atoms with Crippen molar-refractivity contribution >= 4 is 0 Å². The highest BCUT2D eigenvalue weighted by atomic mass is 16.7.